The van der Waals surface area contributed by atoms with Gasteiger partial charge in [0.2, 0.25) is 6.41 Å². The number of hydrogen-bond donors (Lipinski definition) is 3. The number of aliphatic hydroxyl groups excluding tert-OH is 1. The minimum absolute atomic E-state index is 0.202. The molecule has 0 bridgehead atoms. The lowest BCUT2D eigenvalue weighted by atomic mass is 10.1. The van der Waals surface area contributed by atoms with E-state index in [9.17, 15) is 14.7 Å². The molecule has 8 heteroatoms. The minimum Gasteiger partial charge on any atom is -0.464 e. The highest BCUT2D eigenvalue weighted by molar-refractivity contribution is 5.75. The van der Waals surface area contributed by atoms with Crippen LogP contribution in [0.1, 0.15) is 57.8 Å². The first-order chi connectivity index (χ1) is 15.0. The number of nitrogens with one attached hydrogen (secondary N) is 2. The number of aliphatic hydroxyl groups is 1. The molecule has 8 nitrogen and oxygen atoms in total. The third-order valence-corrected chi connectivity index (χ3v) is 3.97. The Balaban J connectivity index is 4.29. The average Bonchev–Trinajstić information content (AvgIpc) is 2.76. The van der Waals surface area contributed by atoms with Crippen LogP contribution in [0, 0.1) is 37.0 Å². The van der Waals surface area contributed by atoms with E-state index in [0.717, 1.165) is 0 Å². The molecule has 0 aromatic carbocycles. The van der Waals surface area contributed by atoms with Gasteiger partial charge in [-0.15, -0.1) is 37.0 Å². The number of amides is 1. The Morgan fingerprint density at radius 3 is 2.03 bits per heavy atom. The largest absolute Gasteiger partial charge is 0.464 e. The Bertz CT molecular complexity index is 617. The lowest BCUT2D eigenvalue weighted by Gasteiger charge is -2.21. The van der Waals surface area contributed by atoms with E-state index in [4.69, 9.17) is 33.5 Å². The topological polar surface area (TPSA) is 106 Å². The molecule has 2 atom stereocenters. The molecule has 172 valence electrons. The van der Waals surface area contributed by atoms with Gasteiger partial charge in [0.05, 0.1) is 19.8 Å². The fourth-order valence-electron chi connectivity index (χ4n) is 2.36. The van der Waals surface area contributed by atoms with E-state index in [1.165, 1.54) is 0 Å². The van der Waals surface area contributed by atoms with Crippen molar-refractivity contribution in [2.45, 2.75) is 70.2 Å². The van der Waals surface area contributed by atoms with Crippen LogP contribution >= 0.6 is 0 Å². The first-order valence-corrected chi connectivity index (χ1v) is 10.5. The molecular formula is C23H34N2O6. The SMILES string of the molecule is C#CCCCOC(=O)NCCCCC(NC(O)OCCCC#C)C(=O)OCCCC#C. The van der Waals surface area contributed by atoms with Crippen LogP contribution in [-0.4, -0.2) is 56.0 Å². The third kappa shape index (κ3) is 17.8. The lowest BCUT2D eigenvalue weighted by Crippen LogP contribution is -2.45. The second-order valence-electron chi connectivity index (χ2n) is 6.59. The third-order valence-electron chi connectivity index (χ3n) is 3.97. The van der Waals surface area contributed by atoms with Crippen LogP contribution in [0.25, 0.3) is 0 Å². The summed E-state index contributed by atoms with van der Waals surface area (Å²) in [5, 5.41) is 15.3. The van der Waals surface area contributed by atoms with E-state index in [2.05, 4.69) is 28.4 Å². The van der Waals surface area contributed by atoms with Gasteiger partial charge in [0.25, 0.3) is 0 Å². The molecule has 31 heavy (non-hydrogen) atoms. The number of alkyl carbamates (subject to hydrolysis) is 1. The summed E-state index contributed by atoms with van der Waals surface area (Å²) in [6, 6.07) is -0.760. The van der Waals surface area contributed by atoms with Crippen molar-refractivity contribution in [3.05, 3.63) is 0 Å². The van der Waals surface area contributed by atoms with Crippen LogP contribution in [0.15, 0.2) is 0 Å². The van der Waals surface area contributed by atoms with Crippen molar-refractivity contribution < 1.29 is 28.9 Å². The van der Waals surface area contributed by atoms with Crippen molar-refractivity contribution in [2.24, 2.45) is 0 Å². The van der Waals surface area contributed by atoms with Gasteiger partial charge in [-0.3, -0.25) is 10.1 Å². The summed E-state index contributed by atoms with van der Waals surface area (Å²) in [7, 11) is 0. The molecule has 0 saturated carbocycles. The highest BCUT2D eigenvalue weighted by atomic mass is 16.6. The van der Waals surface area contributed by atoms with Gasteiger partial charge in [-0.1, -0.05) is 0 Å². The summed E-state index contributed by atoms with van der Waals surface area (Å²) in [6.07, 6.45) is 18.6. The second-order valence-corrected chi connectivity index (χ2v) is 6.59. The quantitative estimate of drug-likeness (QED) is 0.131. The van der Waals surface area contributed by atoms with E-state index in [0.29, 0.717) is 64.3 Å². The number of carbonyl (C=O) groups excluding carboxylic acids is 2. The number of unbranched alkanes of at least 4 members (excludes halogenated alkanes) is 4. The molecule has 0 saturated heterocycles. The Labute approximate surface area is 185 Å². The predicted molar refractivity (Wildman–Crippen MR) is 117 cm³/mol. The van der Waals surface area contributed by atoms with Crippen molar-refractivity contribution in [3.8, 4) is 37.0 Å². The maximum atomic E-state index is 12.3. The second kappa shape index (κ2) is 20.6. The molecule has 0 aromatic heterocycles. The van der Waals surface area contributed by atoms with Crippen LogP contribution in [0.2, 0.25) is 0 Å². The van der Waals surface area contributed by atoms with Gasteiger partial charge in [0.15, 0.2) is 0 Å². The monoisotopic (exact) mass is 434 g/mol. The number of rotatable bonds is 18. The number of terminal acetylenes is 3. The van der Waals surface area contributed by atoms with Crippen molar-refractivity contribution in [3.63, 3.8) is 0 Å². The summed E-state index contributed by atoms with van der Waals surface area (Å²) >= 11 is 0. The Morgan fingerprint density at radius 1 is 0.839 bits per heavy atom. The molecule has 2 unspecified atom stereocenters. The van der Waals surface area contributed by atoms with Gasteiger partial charge in [0, 0.05) is 25.8 Å². The van der Waals surface area contributed by atoms with Crippen LogP contribution in [0.3, 0.4) is 0 Å². The van der Waals surface area contributed by atoms with Gasteiger partial charge in [-0.05, 0) is 38.5 Å². The first kappa shape index (κ1) is 28.3. The van der Waals surface area contributed by atoms with E-state index in [-0.39, 0.29) is 19.8 Å². The molecular weight excluding hydrogens is 400 g/mol. The standard InChI is InChI=1S/C23H34N2O6/c1-4-7-12-17-29-21(26)20(25-23(28)31-19-14-9-6-3)15-10-11-16-24-22(27)30-18-13-8-5-2/h1-3,20,23,25,28H,7-19H2,(H,24,27). The minimum atomic E-state index is -1.32. The summed E-state index contributed by atoms with van der Waals surface area (Å²) in [6.45, 7) is 1.12. The number of esters is 1. The fraction of sp³-hybridized carbons (Fsp3) is 0.652. The van der Waals surface area contributed by atoms with Crippen LogP contribution in [0.5, 0.6) is 0 Å². The molecule has 1 amide bonds. The van der Waals surface area contributed by atoms with Gasteiger partial charge < -0.3 is 24.6 Å². The van der Waals surface area contributed by atoms with Gasteiger partial charge >= 0.3 is 12.1 Å². The first-order valence-electron chi connectivity index (χ1n) is 10.5. The molecule has 0 fully saturated rings. The van der Waals surface area contributed by atoms with E-state index in [1.807, 2.05) is 0 Å². The zero-order valence-electron chi connectivity index (χ0n) is 18.1. The van der Waals surface area contributed by atoms with Crippen molar-refractivity contribution >= 4 is 12.1 Å². The van der Waals surface area contributed by atoms with Gasteiger partial charge in [-0.25, -0.2) is 4.79 Å². The highest BCUT2D eigenvalue weighted by Gasteiger charge is 2.22. The number of ether oxygens (including phenoxy) is 3. The number of hydrogen-bond acceptors (Lipinski definition) is 7. The Hall–Kier alpha value is -2.70. The zero-order valence-corrected chi connectivity index (χ0v) is 18.1. The maximum Gasteiger partial charge on any atom is 0.407 e. The van der Waals surface area contributed by atoms with E-state index < -0.39 is 24.5 Å². The van der Waals surface area contributed by atoms with E-state index >= 15 is 0 Å². The Kier molecular flexibility index (Phi) is 18.8. The van der Waals surface area contributed by atoms with Crippen LogP contribution in [0.4, 0.5) is 4.79 Å². The Morgan fingerprint density at radius 2 is 1.42 bits per heavy atom. The fourth-order valence-corrected chi connectivity index (χ4v) is 2.36. The van der Waals surface area contributed by atoms with Gasteiger partial charge in [0.1, 0.15) is 6.04 Å². The predicted octanol–water partition coefficient (Wildman–Crippen LogP) is 1.92. The van der Waals surface area contributed by atoms with Crippen molar-refractivity contribution in [1.29, 1.82) is 0 Å². The molecule has 0 radical (unpaired) electrons. The molecule has 0 heterocycles. The van der Waals surface area contributed by atoms with Crippen LogP contribution in [-0.2, 0) is 19.0 Å². The zero-order chi connectivity index (χ0) is 23.2. The molecule has 3 N–H and O–H groups in total. The maximum absolute atomic E-state index is 12.3. The summed E-state index contributed by atoms with van der Waals surface area (Å²) in [4.78, 5) is 23.9. The molecule has 0 aliphatic rings. The molecule has 0 spiro atoms. The summed E-state index contributed by atoms with van der Waals surface area (Å²) < 4.78 is 15.4. The number of carbonyl (C=O) groups is 2. The highest BCUT2D eigenvalue weighted by Crippen LogP contribution is 2.06. The smallest absolute Gasteiger partial charge is 0.407 e. The molecule has 0 aliphatic heterocycles. The average molecular weight is 435 g/mol. The summed E-state index contributed by atoms with van der Waals surface area (Å²) in [5.74, 6) is 6.94. The lowest BCUT2D eigenvalue weighted by molar-refractivity contribution is -0.157. The van der Waals surface area contributed by atoms with Crippen molar-refractivity contribution in [1.82, 2.24) is 10.6 Å². The molecule has 0 rings (SSSR count). The molecule has 0 aromatic rings. The van der Waals surface area contributed by atoms with Gasteiger partial charge in [-0.2, -0.15) is 0 Å². The molecule has 0 aliphatic carbocycles. The van der Waals surface area contributed by atoms with Crippen LogP contribution < -0.4 is 10.6 Å². The van der Waals surface area contributed by atoms with Crippen molar-refractivity contribution in [2.75, 3.05) is 26.4 Å². The summed E-state index contributed by atoms with van der Waals surface area (Å²) in [5.41, 5.74) is 0. The van der Waals surface area contributed by atoms with E-state index in [1.54, 1.807) is 0 Å². The normalized spacial score (nSPS) is 11.9.